The number of hydrogen-bond acceptors (Lipinski definition) is 2. The summed E-state index contributed by atoms with van der Waals surface area (Å²) < 4.78 is 41.0. The Morgan fingerprint density at radius 1 is 0.812 bits per heavy atom. The average Bonchev–Trinajstić information content (AvgIpc) is 2.79. The van der Waals surface area contributed by atoms with E-state index in [-0.39, 0.29) is 11.3 Å². The van der Waals surface area contributed by atoms with Crippen molar-refractivity contribution in [1.82, 2.24) is 4.98 Å². The third-order valence-corrected chi connectivity index (χ3v) is 5.19. The first-order chi connectivity index (χ1) is 15.3. The number of anilines is 1. The Hall–Kier alpha value is -3.86. The standard InChI is InChI=1S/C27H21F3N2/c1-18-10-6-7-13-22(18)19(2)31-26-17-21(20-11-4-3-5-12-20)16-25(32-26)23-14-8-9-15-24(23)27(28,29)30/h3-17H,2H2,1H3,(H,31,32). The Labute approximate surface area is 185 Å². The molecule has 0 saturated heterocycles. The van der Waals surface area contributed by atoms with Gasteiger partial charge in [0.25, 0.3) is 0 Å². The van der Waals surface area contributed by atoms with Crippen molar-refractivity contribution in [3.8, 4) is 22.4 Å². The van der Waals surface area contributed by atoms with Gasteiger partial charge in [-0.25, -0.2) is 4.98 Å². The second-order valence-electron chi connectivity index (χ2n) is 7.45. The quantitative estimate of drug-likeness (QED) is 0.349. The number of alkyl halides is 3. The molecule has 0 aliphatic carbocycles. The minimum absolute atomic E-state index is 0.0299. The molecule has 4 rings (SSSR count). The molecule has 0 aliphatic rings. The summed E-state index contributed by atoms with van der Waals surface area (Å²) >= 11 is 0. The Morgan fingerprint density at radius 3 is 2.19 bits per heavy atom. The zero-order chi connectivity index (χ0) is 22.7. The third kappa shape index (κ3) is 4.57. The van der Waals surface area contributed by atoms with Crippen molar-refractivity contribution >= 4 is 11.5 Å². The molecule has 5 heteroatoms. The molecule has 1 aromatic heterocycles. The van der Waals surface area contributed by atoms with E-state index in [1.54, 1.807) is 12.1 Å². The van der Waals surface area contributed by atoms with E-state index in [0.717, 1.165) is 28.3 Å². The molecule has 160 valence electrons. The van der Waals surface area contributed by atoms with Gasteiger partial charge in [-0.05, 0) is 41.8 Å². The van der Waals surface area contributed by atoms with Crippen molar-refractivity contribution < 1.29 is 13.2 Å². The Bertz CT molecular complexity index is 1260. The highest BCUT2D eigenvalue weighted by Crippen LogP contribution is 2.38. The van der Waals surface area contributed by atoms with Gasteiger partial charge in [0.1, 0.15) is 5.82 Å². The van der Waals surface area contributed by atoms with Gasteiger partial charge in [0, 0.05) is 16.8 Å². The fourth-order valence-corrected chi connectivity index (χ4v) is 3.62. The highest BCUT2D eigenvalue weighted by molar-refractivity contribution is 5.80. The first kappa shape index (κ1) is 21.4. The van der Waals surface area contributed by atoms with Crippen LogP contribution in [0.25, 0.3) is 28.1 Å². The van der Waals surface area contributed by atoms with Crippen molar-refractivity contribution in [3.05, 3.63) is 114 Å². The van der Waals surface area contributed by atoms with Crippen molar-refractivity contribution in [2.45, 2.75) is 13.1 Å². The van der Waals surface area contributed by atoms with Gasteiger partial charge in [-0.1, -0.05) is 79.4 Å². The molecule has 0 unspecified atom stereocenters. The second-order valence-corrected chi connectivity index (χ2v) is 7.45. The summed E-state index contributed by atoms with van der Waals surface area (Å²) in [5.74, 6) is 0.423. The molecule has 0 saturated carbocycles. The lowest BCUT2D eigenvalue weighted by Gasteiger charge is -2.16. The number of pyridine rings is 1. The SMILES string of the molecule is C=C(Nc1cc(-c2ccccc2)cc(-c2ccccc2C(F)(F)F)n1)c1ccccc1C. The lowest BCUT2D eigenvalue weighted by atomic mass is 9.99. The van der Waals surface area contributed by atoms with Crippen LogP contribution in [-0.4, -0.2) is 4.98 Å². The van der Waals surface area contributed by atoms with Crippen molar-refractivity contribution in [2.24, 2.45) is 0 Å². The molecule has 1 heterocycles. The van der Waals surface area contributed by atoms with Gasteiger partial charge in [0.15, 0.2) is 0 Å². The number of nitrogens with zero attached hydrogens (tertiary/aromatic N) is 1. The molecule has 3 aromatic carbocycles. The molecular formula is C27H21F3N2. The lowest BCUT2D eigenvalue weighted by molar-refractivity contribution is -0.137. The predicted molar refractivity (Wildman–Crippen MR) is 124 cm³/mol. The smallest absolute Gasteiger partial charge is 0.340 e. The van der Waals surface area contributed by atoms with E-state index in [0.29, 0.717) is 11.5 Å². The van der Waals surface area contributed by atoms with Crippen LogP contribution in [0.5, 0.6) is 0 Å². The topological polar surface area (TPSA) is 24.9 Å². The summed E-state index contributed by atoms with van der Waals surface area (Å²) in [6, 6.07) is 26.2. The summed E-state index contributed by atoms with van der Waals surface area (Å²) in [5.41, 5.74) is 3.75. The first-order valence-corrected chi connectivity index (χ1v) is 10.1. The van der Waals surface area contributed by atoms with Crippen molar-refractivity contribution in [3.63, 3.8) is 0 Å². The minimum atomic E-state index is -4.49. The van der Waals surface area contributed by atoms with E-state index in [1.807, 2.05) is 67.6 Å². The molecule has 2 nitrogen and oxygen atoms in total. The van der Waals surface area contributed by atoms with Crippen LogP contribution in [0.3, 0.4) is 0 Å². The van der Waals surface area contributed by atoms with Gasteiger partial charge < -0.3 is 5.32 Å². The highest BCUT2D eigenvalue weighted by atomic mass is 19.4. The third-order valence-electron chi connectivity index (χ3n) is 5.19. The molecule has 0 amide bonds. The van der Waals surface area contributed by atoms with Gasteiger partial charge in [-0.15, -0.1) is 0 Å². The van der Waals surface area contributed by atoms with Crippen LogP contribution in [-0.2, 0) is 6.18 Å². The van der Waals surface area contributed by atoms with Gasteiger partial charge >= 0.3 is 6.18 Å². The molecule has 4 aromatic rings. The number of aromatic nitrogens is 1. The number of rotatable bonds is 5. The zero-order valence-corrected chi connectivity index (χ0v) is 17.4. The maximum Gasteiger partial charge on any atom is 0.417 e. The largest absolute Gasteiger partial charge is 0.417 e. The van der Waals surface area contributed by atoms with Gasteiger partial charge in [0.05, 0.1) is 11.3 Å². The van der Waals surface area contributed by atoms with Gasteiger partial charge in [-0.2, -0.15) is 13.2 Å². The average molecular weight is 430 g/mol. The Kier molecular flexibility index (Phi) is 5.82. The fourth-order valence-electron chi connectivity index (χ4n) is 3.62. The van der Waals surface area contributed by atoms with Crippen LogP contribution in [0.1, 0.15) is 16.7 Å². The van der Waals surface area contributed by atoms with Crippen molar-refractivity contribution in [1.29, 1.82) is 0 Å². The second kappa shape index (κ2) is 8.71. The van der Waals surface area contributed by atoms with Gasteiger partial charge in [-0.3, -0.25) is 0 Å². The van der Waals surface area contributed by atoms with E-state index < -0.39 is 11.7 Å². The molecule has 0 fully saturated rings. The first-order valence-electron chi connectivity index (χ1n) is 10.1. The fraction of sp³-hybridized carbons (Fsp3) is 0.0741. The van der Waals surface area contributed by atoms with E-state index >= 15 is 0 Å². The maximum absolute atomic E-state index is 13.7. The molecular weight excluding hydrogens is 409 g/mol. The molecule has 0 atom stereocenters. The van der Waals surface area contributed by atoms with E-state index in [4.69, 9.17) is 0 Å². The van der Waals surface area contributed by atoms with Crippen LogP contribution in [0.2, 0.25) is 0 Å². The highest BCUT2D eigenvalue weighted by Gasteiger charge is 2.33. The number of halogens is 3. The van der Waals surface area contributed by atoms with Crippen LogP contribution in [0.15, 0.2) is 97.6 Å². The van der Waals surface area contributed by atoms with Crippen LogP contribution >= 0.6 is 0 Å². The number of nitrogens with one attached hydrogen (secondary N) is 1. The minimum Gasteiger partial charge on any atom is -0.340 e. The lowest BCUT2D eigenvalue weighted by Crippen LogP contribution is -2.08. The van der Waals surface area contributed by atoms with Crippen LogP contribution in [0.4, 0.5) is 19.0 Å². The molecule has 32 heavy (non-hydrogen) atoms. The number of hydrogen-bond donors (Lipinski definition) is 1. The number of aryl methyl sites for hydroxylation is 1. The molecule has 0 radical (unpaired) electrons. The summed E-state index contributed by atoms with van der Waals surface area (Å²) in [5, 5.41) is 3.19. The molecule has 0 bridgehead atoms. The van der Waals surface area contributed by atoms with Crippen LogP contribution < -0.4 is 5.32 Å². The summed E-state index contributed by atoms with van der Waals surface area (Å²) in [7, 11) is 0. The number of benzene rings is 3. The maximum atomic E-state index is 13.7. The summed E-state index contributed by atoms with van der Waals surface area (Å²) in [6.07, 6.45) is -4.49. The van der Waals surface area contributed by atoms with Gasteiger partial charge in [0.2, 0.25) is 0 Å². The predicted octanol–water partition coefficient (Wildman–Crippen LogP) is 7.83. The van der Waals surface area contributed by atoms with Crippen molar-refractivity contribution in [2.75, 3.05) is 5.32 Å². The monoisotopic (exact) mass is 430 g/mol. The zero-order valence-electron chi connectivity index (χ0n) is 17.4. The molecule has 1 N–H and O–H groups in total. The Morgan fingerprint density at radius 2 is 1.47 bits per heavy atom. The summed E-state index contributed by atoms with van der Waals surface area (Å²) in [4.78, 5) is 4.53. The summed E-state index contributed by atoms with van der Waals surface area (Å²) in [6.45, 7) is 6.08. The van der Waals surface area contributed by atoms with E-state index in [9.17, 15) is 13.2 Å². The molecule has 0 aliphatic heterocycles. The Balaban J connectivity index is 1.84. The van der Waals surface area contributed by atoms with Crippen LogP contribution in [0, 0.1) is 6.92 Å². The molecule has 0 spiro atoms. The van der Waals surface area contributed by atoms with E-state index in [1.165, 1.54) is 12.1 Å². The normalized spacial score (nSPS) is 11.2. The van der Waals surface area contributed by atoms with E-state index in [2.05, 4.69) is 16.9 Å².